The molecule has 0 saturated heterocycles. The van der Waals surface area contributed by atoms with Crippen LogP contribution in [-0.4, -0.2) is 17.7 Å². The molecular formula is C32H36FN3O3. The quantitative estimate of drug-likeness (QED) is 0.350. The first-order valence-electron chi connectivity index (χ1n) is 13.5. The Hall–Kier alpha value is -4.00. The number of amides is 3. The summed E-state index contributed by atoms with van der Waals surface area (Å²) in [4.78, 5) is 42.2. The van der Waals surface area contributed by atoms with Gasteiger partial charge in [0.15, 0.2) is 0 Å². The number of nitrogens with two attached hydrogens (primary N) is 1. The summed E-state index contributed by atoms with van der Waals surface area (Å²) < 4.78 is 13.6. The summed E-state index contributed by atoms with van der Waals surface area (Å²) in [6.45, 7) is 6.15. The van der Waals surface area contributed by atoms with E-state index in [9.17, 15) is 18.8 Å². The van der Waals surface area contributed by atoms with E-state index in [1.807, 2.05) is 69.3 Å². The lowest BCUT2D eigenvalue weighted by Crippen LogP contribution is -2.47. The van der Waals surface area contributed by atoms with Crippen LogP contribution in [0.3, 0.4) is 0 Å². The highest BCUT2D eigenvalue weighted by molar-refractivity contribution is 6.06. The first-order valence-corrected chi connectivity index (χ1v) is 13.5. The molecule has 6 nitrogen and oxygen atoms in total. The Morgan fingerprint density at radius 2 is 1.59 bits per heavy atom. The summed E-state index contributed by atoms with van der Waals surface area (Å²) in [6, 6.07) is 20.2. The van der Waals surface area contributed by atoms with Crippen LogP contribution in [0.2, 0.25) is 0 Å². The highest BCUT2D eigenvalue weighted by atomic mass is 19.1. The van der Waals surface area contributed by atoms with Gasteiger partial charge in [0.25, 0.3) is 5.91 Å². The topological polar surface area (TPSA) is 92.5 Å². The third-order valence-corrected chi connectivity index (χ3v) is 7.32. The molecule has 7 heteroatoms. The Morgan fingerprint density at radius 1 is 0.949 bits per heavy atom. The van der Waals surface area contributed by atoms with Crippen molar-refractivity contribution in [3.05, 3.63) is 89.7 Å². The third-order valence-electron chi connectivity index (χ3n) is 7.32. The maximum atomic E-state index is 14.3. The zero-order valence-electron chi connectivity index (χ0n) is 22.7. The van der Waals surface area contributed by atoms with Crippen LogP contribution in [0.15, 0.2) is 72.8 Å². The number of para-hydroxylation sites is 1. The highest BCUT2D eigenvalue weighted by Gasteiger charge is 2.38. The number of fused-ring (bicyclic) bond motifs is 3. The molecule has 204 valence electrons. The predicted octanol–water partition coefficient (Wildman–Crippen LogP) is 5.76. The van der Waals surface area contributed by atoms with Gasteiger partial charge in [0.2, 0.25) is 11.8 Å². The van der Waals surface area contributed by atoms with Crippen LogP contribution in [-0.2, 0) is 20.9 Å². The van der Waals surface area contributed by atoms with Gasteiger partial charge in [-0.25, -0.2) is 4.39 Å². The van der Waals surface area contributed by atoms with Crippen molar-refractivity contribution in [2.45, 2.75) is 52.6 Å². The number of nitrogens with one attached hydrogen (secondary N) is 1. The molecule has 3 atom stereocenters. The Kier molecular flexibility index (Phi) is 8.79. The maximum Gasteiger partial charge on any atom is 0.254 e. The molecule has 0 radical (unpaired) electrons. The van der Waals surface area contributed by atoms with E-state index < -0.39 is 23.8 Å². The predicted molar refractivity (Wildman–Crippen MR) is 151 cm³/mol. The molecule has 3 aromatic carbocycles. The monoisotopic (exact) mass is 529 g/mol. The number of nitrogens with zero attached hydrogens (tertiary/aromatic N) is 1. The van der Waals surface area contributed by atoms with Crippen molar-refractivity contribution in [1.29, 1.82) is 0 Å². The molecule has 0 aliphatic carbocycles. The average molecular weight is 530 g/mol. The summed E-state index contributed by atoms with van der Waals surface area (Å²) in [6.07, 6.45) is 1.68. The molecular weight excluding hydrogens is 493 g/mol. The smallest absolute Gasteiger partial charge is 0.254 e. The van der Waals surface area contributed by atoms with E-state index in [-0.39, 0.29) is 30.1 Å². The van der Waals surface area contributed by atoms with Crippen LogP contribution in [0, 0.1) is 23.6 Å². The summed E-state index contributed by atoms with van der Waals surface area (Å²) in [7, 11) is 0. The van der Waals surface area contributed by atoms with Gasteiger partial charge in [0.05, 0.1) is 12.2 Å². The second kappa shape index (κ2) is 12.2. The zero-order chi connectivity index (χ0) is 28.1. The lowest BCUT2D eigenvalue weighted by molar-refractivity contribution is -0.136. The zero-order valence-corrected chi connectivity index (χ0v) is 22.7. The fourth-order valence-electron chi connectivity index (χ4n) is 5.48. The molecule has 3 amide bonds. The molecule has 1 aliphatic rings. The molecule has 0 bridgehead atoms. The van der Waals surface area contributed by atoms with Crippen molar-refractivity contribution in [3.63, 3.8) is 0 Å². The van der Waals surface area contributed by atoms with Gasteiger partial charge in [-0.3, -0.25) is 14.4 Å². The largest absolute Gasteiger partial charge is 0.369 e. The Bertz CT molecular complexity index is 1340. The average Bonchev–Trinajstić information content (AvgIpc) is 3.01. The fourth-order valence-corrected chi connectivity index (χ4v) is 5.48. The molecule has 3 N–H and O–H groups in total. The first-order chi connectivity index (χ1) is 18.7. The Balaban J connectivity index is 1.78. The fraction of sp³-hybridized carbons (Fsp3) is 0.344. The SMILES string of the molecule is CCC[C@H](C(N)=O)[C@@H](CC(C)C)C(=O)NC1C(=O)N(Cc2ccc(F)cc2)c2ccccc2-c2ccccc21. The number of hydrogen-bond acceptors (Lipinski definition) is 3. The number of benzene rings is 3. The highest BCUT2D eigenvalue weighted by Crippen LogP contribution is 2.41. The Labute approximate surface area is 229 Å². The number of carbonyl (C=O) groups is 3. The summed E-state index contributed by atoms with van der Waals surface area (Å²) in [5.41, 5.74) is 9.60. The first kappa shape index (κ1) is 28.0. The van der Waals surface area contributed by atoms with Crippen molar-refractivity contribution in [2.75, 3.05) is 4.90 Å². The number of primary amides is 1. The van der Waals surface area contributed by atoms with Gasteiger partial charge in [-0.05, 0) is 53.6 Å². The molecule has 0 aromatic heterocycles. The number of rotatable bonds is 10. The second-order valence-electron chi connectivity index (χ2n) is 10.6. The molecule has 0 saturated carbocycles. The van der Waals surface area contributed by atoms with E-state index in [2.05, 4.69) is 5.32 Å². The minimum atomic E-state index is -0.980. The van der Waals surface area contributed by atoms with Gasteiger partial charge in [-0.1, -0.05) is 81.8 Å². The van der Waals surface area contributed by atoms with E-state index >= 15 is 0 Å². The normalized spacial score (nSPS) is 16.2. The number of anilines is 1. The van der Waals surface area contributed by atoms with Crippen LogP contribution in [0.25, 0.3) is 11.1 Å². The molecule has 3 aromatic rings. The Morgan fingerprint density at radius 3 is 2.23 bits per heavy atom. The molecule has 39 heavy (non-hydrogen) atoms. The number of halogens is 1. The third kappa shape index (κ3) is 6.19. The van der Waals surface area contributed by atoms with Gasteiger partial charge in [0.1, 0.15) is 11.9 Å². The van der Waals surface area contributed by atoms with Crippen molar-refractivity contribution in [2.24, 2.45) is 23.5 Å². The van der Waals surface area contributed by atoms with Gasteiger partial charge >= 0.3 is 0 Å². The van der Waals surface area contributed by atoms with E-state index in [1.165, 1.54) is 12.1 Å². The van der Waals surface area contributed by atoms with Crippen molar-refractivity contribution in [3.8, 4) is 11.1 Å². The van der Waals surface area contributed by atoms with Crippen molar-refractivity contribution < 1.29 is 18.8 Å². The summed E-state index contributed by atoms with van der Waals surface area (Å²) >= 11 is 0. The van der Waals surface area contributed by atoms with Gasteiger partial charge < -0.3 is 16.0 Å². The molecule has 1 aliphatic heterocycles. The van der Waals surface area contributed by atoms with E-state index in [0.29, 0.717) is 30.5 Å². The second-order valence-corrected chi connectivity index (χ2v) is 10.6. The van der Waals surface area contributed by atoms with Crippen LogP contribution in [0.1, 0.15) is 57.2 Å². The lowest BCUT2D eigenvalue weighted by Gasteiger charge is -2.30. The maximum absolute atomic E-state index is 14.3. The number of hydrogen-bond donors (Lipinski definition) is 2. The van der Waals surface area contributed by atoms with E-state index in [4.69, 9.17) is 5.73 Å². The van der Waals surface area contributed by atoms with Crippen LogP contribution < -0.4 is 16.0 Å². The van der Waals surface area contributed by atoms with Gasteiger partial charge in [-0.15, -0.1) is 0 Å². The van der Waals surface area contributed by atoms with E-state index in [1.54, 1.807) is 17.0 Å². The van der Waals surface area contributed by atoms with Gasteiger partial charge in [0, 0.05) is 17.4 Å². The molecule has 0 spiro atoms. The minimum absolute atomic E-state index is 0.149. The van der Waals surface area contributed by atoms with Crippen molar-refractivity contribution in [1.82, 2.24) is 5.32 Å². The lowest BCUT2D eigenvalue weighted by atomic mass is 9.81. The minimum Gasteiger partial charge on any atom is -0.369 e. The van der Waals surface area contributed by atoms with E-state index in [0.717, 1.165) is 16.7 Å². The molecule has 4 rings (SSSR count). The number of carbonyl (C=O) groups excluding carboxylic acids is 3. The van der Waals surface area contributed by atoms with Crippen molar-refractivity contribution >= 4 is 23.4 Å². The molecule has 1 unspecified atom stereocenters. The molecule has 0 fully saturated rings. The van der Waals surface area contributed by atoms with Crippen LogP contribution >= 0.6 is 0 Å². The van der Waals surface area contributed by atoms with Gasteiger partial charge in [-0.2, -0.15) is 0 Å². The van der Waals surface area contributed by atoms with Crippen LogP contribution in [0.5, 0.6) is 0 Å². The standard InChI is InChI=1S/C32H36FN3O3/c1-4-9-26(30(34)37)27(18-20(2)3)31(38)35-29-25-12-6-5-10-23(25)24-11-7-8-13-28(24)36(32(29)39)19-21-14-16-22(33)17-15-21/h5-8,10-17,20,26-27,29H,4,9,18-19H2,1-3H3,(H2,34,37)(H,35,38)/t26-,27+,29?/m0/s1. The summed E-state index contributed by atoms with van der Waals surface area (Å²) in [5.74, 6) is -2.65. The molecule has 1 heterocycles. The van der Waals surface area contributed by atoms with Crippen LogP contribution in [0.4, 0.5) is 10.1 Å². The summed E-state index contributed by atoms with van der Waals surface area (Å²) in [5, 5.41) is 3.03.